The van der Waals surface area contributed by atoms with Crippen LogP contribution in [-0.2, 0) is 0 Å². The predicted octanol–water partition coefficient (Wildman–Crippen LogP) is 2.16. The van der Waals surface area contributed by atoms with E-state index in [-0.39, 0.29) is 0 Å². The molecule has 0 aliphatic rings. The van der Waals surface area contributed by atoms with Gasteiger partial charge in [0.15, 0.2) is 11.6 Å². The molecule has 0 unspecified atom stereocenters. The van der Waals surface area contributed by atoms with Gasteiger partial charge in [-0.15, -0.1) is 13.2 Å². The van der Waals surface area contributed by atoms with Crippen LogP contribution in [-0.4, -0.2) is 12.6 Å². The molecular weight excluding hydrogens is 235 g/mol. The molecule has 1 aromatic carbocycles. The highest BCUT2D eigenvalue weighted by atomic mass is 19.4. The highest BCUT2D eigenvalue weighted by molar-refractivity contribution is 5.80. The van der Waals surface area contributed by atoms with E-state index in [0.29, 0.717) is 6.07 Å². The smallest absolute Gasteiger partial charge is 0.399 e. The van der Waals surface area contributed by atoms with Gasteiger partial charge >= 0.3 is 6.36 Å². The normalized spacial score (nSPS) is 12.1. The van der Waals surface area contributed by atoms with Crippen molar-refractivity contribution in [3.8, 4) is 5.75 Å². The molecule has 1 aromatic rings. The summed E-state index contributed by atoms with van der Waals surface area (Å²) in [7, 11) is 0. The number of nitrogens with zero attached hydrogens (tertiary/aromatic N) is 1. The third-order valence-electron chi connectivity index (χ3n) is 1.51. The predicted molar refractivity (Wildman–Crippen MR) is 44.8 cm³/mol. The van der Waals surface area contributed by atoms with E-state index < -0.39 is 29.3 Å². The Bertz CT molecular complexity index is 416. The van der Waals surface area contributed by atoms with Gasteiger partial charge in [0, 0.05) is 5.56 Å². The Morgan fingerprint density at radius 3 is 2.38 bits per heavy atom. The summed E-state index contributed by atoms with van der Waals surface area (Å²) < 4.78 is 64.7. The summed E-state index contributed by atoms with van der Waals surface area (Å²) >= 11 is 0. The van der Waals surface area contributed by atoms with Gasteiger partial charge in [0.1, 0.15) is 0 Å². The summed E-state index contributed by atoms with van der Waals surface area (Å²) in [5.74, 6) is 0.163. The van der Waals surface area contributed by atoms with Crippen LogP contribution < -0.4 is 10.6 Å². The molecule has 0 saturated carbocycles. The van der Waals surface area contributed by atoms with Crippen molar-refractivity contribution in [3.05, 3.63) is 29.3 Å². The Morgan fingerprint density at radius 2 is 1.88 bits per heavy atom. The number of hydrogen-bond acceptors (Lipinski definition) is 3. The molecule has 8 heteroatoms. The Morgan fingerprint density at radius 1 is 1.25 bits per heavy atom. The standard InChI is InChI=1S/C8H5F5N2O/c9-5-2-1-4(3-15-14)6(10)7(5)16-8(11,12)13/h1-3H,14H2. The number of ether oxygens (including phenoxy) is 1. The lowest BCUT2D eigenvalue weighted by Gasteiger charge is -2.11. The number of nitrogens with two attached hydrogens (primary N) is 1. The van der Waals surface area contributed by atoms with Gasteiger partial charge in [0.05, 0.1) is 6.21 Å². The van der Waals surface area contributed by atoms with Crippen LogP contribution in [0.2, 0.25) is 0 Å². The molecule has 0 aliphatic carbocycles. The number of halogens is 5. The van der Waals surface area contributed by atoms with Crippen molar-refractivity contribution in [2.45, 2.75) is 6.36 Å². The highest BCUT2D eigenvalue weighted by Gasteiger charge is 2.34. The van der Waals surface area contributed by atoms with Gasteiger partial charge < -0.3 is 10.6 Å². The second kappa shape index (κ2) is 4.33. The van der Waals surface area contributed by atoms with Gasteiger partial charge in [-0.1, -0.05) is 0 Å². The van der Waals surface area contributed by atoms with Crippen LogP contribution in [0.5, 0.6) is 5.75 Å². The molecule has 0 bridgehead atoms. The van der Waals surface area contributed by atoms with Crippen LogP contribution in [0.1, 0.15) is 5.56 Å². The molecule has 3 nitrogen and oxygen atoms in total. The number of rotatable bonds is 2. The van der Waals surface area contributed by atoms with Crippen molar-refractivity contribution in [3.63, 3.8) is 0 Å². The molecule has 0 radical (unpaired) electrons. The van der Waals surface area contributed by atoms with Crippen molar-refractivity contribution in [1.29, 1.82) is 0 Å². The molecule has 1 rings (SSSR count). The van der Waals surface area contributed by atoms with Crippen molar-refractivity contribution in [2.24, 2.45) is 10.9 Å². The molecule has 88 valence electrons. The lowest BCUT2D eigenvalue weighted by atomic mass is 10.2. The van der Waals surface area contributed by atoms with E-state index in [1.165, 1.54) is 0 Å². The van der Waals surface area contributed by atoms with Gasteiger partial charge in [-0.05, 0) is 12.1 Å². The summed E-state index contributed by atoms with van der Waals surface area (Å²) in [5.41, 5.74) is -0.414. The maximum absolute atomic E-state index is 13.2. The summed E-state index contributed by atoms with van der Waals surface area (Å²) in [5, 5.41) is 2.91. The zero-order valence-corrected chi connectivity index (χ0v) is 7.55. The Balaban J connectivity index is 3.21. The monoisotopic (exact) mass is 240 g/mol. The van der Waals surface area contributed by atoms with Gasteiger partial charge in [-0.25, -0.2) is 8.78 Å². The van der Waals surface area contributed by atoms with Crippen molar-refractivity contribution < 1.29 is 26.7 Å². The van der Waals surface area contributed by atoms with Crippen LogP contribution in [0.15, 0.2) is 17.2 Å². The zero-order chi connectivity index (χ0) is 12.3. The molecule has 0 heterocycles. The van der Waals surface area contributed by atoms with Crippen LogP contribution >= 0.6 is 0 Å². The first-order valence-electron chi connectivity index (χ1n) is 3.82. The van der Waals surface area contributed by atoms with Gasteiger partial charge in [0.2, 0.25) is 5.75 Å². The van der Waals surface area contributed by atoms with E-state index in [2.05, 4.69) is 9.84 Å². The van der Waals surface area contributed by atoms with Crippen molar-refractivity contribution >= 4 is 6.21 Å². The highest BCUT2D eigenvalue weighted by Crippen LogP contribution is 2.29. The molecule has 0 amide bonds. The van der Waals surface area contributed by atoms with Gasteiger partial charge in [-0.2, -0.15) is 5.10 Å². The molecule has 2 N–H and O–H groups in total. The number of alkyl halides is 3. The number of hydrogen-bond donors (Lipinski definition) is 1. The van der Waals surface area contributed by atoms with Crippen LogP contribution in [0, 0.1) is 11.6 Å². The van der Waals surface area contributed by atoms with Crippen molar-refractivity contribution in [1.82, 2.24) is 0 Å². The molecule has 16 heavy (non-hydrogen) atoms. The number of hydrazone groups is 1. The first-order valence-corrected chi connectivity index (χ1v) is 3.82. The van der Waals surface area contributed by atoms with E-state index in [9.17, 15) is 22.0 Å². The van der Waals surface area contributed by atoms with E-state index in [0.717, 1.165) is 12.3 Å². The summed E-state index contributed by atoms with van der Waals surface area (Å²) in [6.45, 7) is 0. The largest absolute Gasteiger partial charge is 0.573 e. The molecule has 0 spiro atoms. The molecule has 0 aromatic heterocycles. The Hall–Kier alpha value is -1.86. The lowest BCUT2D eigenvalue weighted by Crippen LogP contribution is -2.19. The average Bonchev–Trinajstić information content (AvgIpc) is 2.16. The summed E-state index contributed by atoms with van der Waals surface area (Å²) in [4.78, 5) is 0. The lowest BCUT2D eigenvalue weighted by molar-refractivity contribution is -0.276. The van der Waals surface area contributed by atoms with E-state index in [1.807, 2.05) is 0 Å². The van der Waals surface area contributed by atoms with Crippen LogP contribution in [0.3, 0.4) is 0 Å². The Kier molecular flexibility index (Phi) is 3.31. The van der Waals surface area contributed by atoms with Crippen molar-refractivity contribution in [2.75, 3.05) is 0 Å². The second-order valence-electron chi connectivity index (χ2n) is 2.61. The van der Waals surface area contributed by atoms with E-state index in [1.54, 1.807) is 0 Å². The quantitative estimate of drug-likeness (QED) is 0.372. The summed E-state index contributed by atoms with van der Waals surface area (Å²) in [6.07, 6.45) is -4.45. The first kappa shape index (κ1) is 12.2. The maximum Gasteiger partial charge on any atom is 0.573 e. The fraction of sp³-hybridized carbons (Fsp3) is 0.125. The molecule has 0 aliphatic heterocycles. The topological polar surface area (TPSA) is 47.6 Å². The first-order chi connectivity index (χ1) is 7.35. The third-order valence-corrected chi connectivity index (χ3v) is 1.51. The van der Waals surface area contributed by atoms with Crippen LogP contribution in [0.4, 0.5) is 22.0 Å². The second-order valence-corrected chi connectivity index (χ2v) is 2.61. The van der Waals surface area contributed by atoms with Crippen LogP contribution in [0.25, 0.3) is 0 Å². The maximum atomic E-state index is 13.2. The van der Waals surface area contributed by atoms with E-state index >= 15 is 0 Å². The van der Waals surface area contributed by atoms with Gasteiger partial charge in [-0.3, -0.25) is 0 Å². The average molecular weight is 240 g/mol. The third kappa shape index (κ3) is 2.81. The molecule has 0 fully saturated rings. The minimum absolute atomic E-state index is 0.414. The summed E-state index contributed by atoms with van der Waals surface area (Å²) in [6, 6.07) is 1.49. The van der Waals surface area contributed by atoms with Gasteiger partial charge in [0.25, 0.3) is 0 Å². The molecular formula is C8H5F5N2O. The minimum Gasteiger partial charge on any atom is -0.399 e. The zero-order valence-electron chi connectivity index (χ0n) is 7.55. The fourth-order valence-corrected chi connectivity index (χ4v) is 0.937. The van der Waals surface area contributed by atoms with E-state index in [4.69, 9.17) is 5.84 Å². The fourth-order valence-electron chi connectivity index (χ4n) is 0.937. The molecule has 0 saturated heterocycles. The number of benzene rings is 1. The Labute approximate surface area is 86.3 Å². The minimum atomic E-state index is -5.18. The molecule has 0 atom stereocenters. The SMILES string of the molecule is NN=Cc1ccc(F)c(OC(F)(F)F)c1F.